The average Bonchev–Trinajstić information content (AvgIpc) is 2.55. The van der Waals surface area contributed by atoms with Gasteiger partial charge in [0, 0.05) is 18.2 Å². The van der Waals surface area contributed by atoms with Crippen molar-refractivity contribution in [3.05, 3.63) is 35.9 Å². The number of para-hydroxylation sites is 1. The first-order valence-corrected chi connectivity index (χ1v) is 7.96. The zero-order valence-electron chi connectivity index (χ0n) is 13.5. The Balaban J connectivity index is 1.72. The quantitative estimate of drug-likeness (QED) is 0.821. The second-order valence-electron chi connectivity index (χ2n) is 5.90. The Kier molecular flexibility index (Phi) is 6.46. The summed E-state index contributed by atoms with van der Waals surface area (Å²) in [5.41, 5.74) is 0.912. The van der Waals surface area contributed by atoms with Crippen LogP contribution in [0.4, 0.5) is 0 Å². The smallest absolute Gasteiger partial charge is 0.244 e. The summed E-state index contributed by atoms with van der Waals surface area (Å²) in [6.45, 7) is 3.10. The zero-order chi connectivity index (χ0) is 15.8. The van der Waals surface area contributed by atoms with Crippen molar-refractivity contribution in [3.8, 4) is 5.75 Å². The molecule has 1 fully saturated rings. The summed E-state index contributed by atoms with van der Waals surface area (Å²) >= 11 is 0. The standard InChI is InChI=1S/C18H26N2O2/c1-20-13-10-15(11-14-20)9-12-19-18(21)8-7-16-5-3-4-6-17(16)22-2/h3-8,15H,9-14H2,1-2H3,(H,19,21)/b8-7+. The van der Waals surface area contributed by atoms with E-state index in [1.165, 1.54) is 25.9 Å². The van der Waals surface area contributed by atoms with E-state index < -0.39 is 0 Å². The molecule has 120 valence electrons. The Bertz CT molecular complexity index is 506. The van der Waals surface area contributed by atoms with Gasteiger partial charge in [-0.3, -0.25) is 4.79 Å². The minimum Gasteiger partial charge on any atom is -0.496 e. The van der Waals surface area contributed by atoms with Crippen LogP contribution in [-0.4, -0.2) is 44.6 Å². The summed E-state index contributed by atoms with van der Waals surface area (Å²) in [5, 5.41) is 2.97. The number of piperidine rings is 1. The van der Waals surface area contributed by atoms with E-state index in [2.05, 4.69) is 17.3 Å². The normalized spacial score (nSPS) is 16.8. The molecule has 0 saturated carbocycles. The maximum absolute atomic E-state index is 11.9. The molecule has 2 rings (SSSR count). The van der Waals surface area contributed by atoms with Gasteiger partial charge in [-0.05, 0) is 57.5 Å². The molecule has 1 aliphatic heterocycles. The third-order valence-corrected chi connectivity index (χ3v) is 4.24. The SMILES string of the molecule is COc1ccccc1/C=C/C(=O)NCCC1CCN(C)CC1. The van der Waals surface area contributed by atoms with E-state index in [1.54, 1.807) is 19.3 Å². The molecular formula is C18H26N2O2. The van der Waals surface area contributed by atoms with E-state index in [0.29, 0.717) is 0 Å². The largest absolute Gasteiger partial charge is 0.496 e. The van der Waals surface area contributed by atoms with Gasteiger partial charge in [-0.1, -0.05) is 18.2 Å². The molecule has 0 spiro atoms. The summed E-state index contributed by atoms with van der Waals surface area (Å²) in [6, 6.07) is 7.66. The first-order valence-electron chi connectivity index (χ1n) is 7.96. The number of benzene rings is 1. The van der Waals surface area contributed by atoms with Gasteiger partial charge in [0.1, 0.15) is 5.75 Å². The Morgan fingerprint density at radius 1 is 1.36 bits per heavy atom. The van der Waals surface area contributed by atoms with Crippen molar-refractivity contribution in [2.75, 3.05) is 33.8 Å². The van der Waals surface area contributed by atoms with Crippen LogP contribution >= 0.6 is 0 Å². The van der Waals surface area contributed by atoms with Gasteiger partial charge in [0.05, 0.1) is 7.11 Å². The van der Waals surface area contributed by atoms with Gasteiger partial charge in [0.2, 0.25) is 5.91 Å². The highest BCUT2D eigenvalue weighted by molar-refractivity contribution is 5.92. The van der Waals surface area contributed by atoms with E-state index in [4.69, 9.17) is 4.74 Å². The van der Waals surface area contributed by atoms with Gasteiger partial charge in [-0.2, -0.15) is 0 Å². The molecule has 22 heavy (non-hydrogen) atoms. The maximum Gasteiger partial charge on any atom is 0.244 e. The van der Waals surface area contributed by atoms with Crippen molar-refractivity contribution >= 4 is 12.0 Å². The van der Waals surface area contributed by atoms with Gasteiger partial charge in [-0.15, -0.1) is 0 Å². The van der Waals surface area contributed by atoms with E-state index in [0.717, 1.165) is 30.2 Å². The number of ether oxygens (including phenoxy) is 1. The molecule has 0 aliphatic carbocycles. The summed E-state index contributed by atoms with van der Waals surface area (Å²) in [5.74, 6) is 1.48. The highest BCUT2D eigenvalue weighted by Crippen LogP contribution is 2.19. The monoisotopic (exact) mass is 302 g/mol. The highest BCUT2D eigenvalue weighted by atomic mass is 16.5. The number of likely N-dealkylation sites (tertiary alicyclic amines) is 1. The van der Waals surface area contributed by atoms with Crippen LogP contribution in [0.5, 0.6) is 5.75 Å². The van der Waals surface area contributed by atoms with Crippen LogP contribution < -0.4 is 10.1 Å². The van der Waals surface area contributed by atoms with Gasteiger partial charge >= 0.3 is 0 Å². The fourth-order valence-electron chi connectivity index (χ4n) is 2.78. The van der Waals surface area contributed by atoms with Crippen LogP contribution in [0.2, 0.25) is 0 Å². The number of amides is 1. The molecule has 1 saturated heterocycles. The summed E-state index contributed by atoms with van der Waals surface area (Å²) in [7, 11) is 3.80. The van der Waals surface area contributed by atoms with Gasteiger partial charge < -0.3 is 15.0 Å². The predicted octanol–water partition coefficient (Wildman–Crippen LogP) is 2.56. The molecule has 1 aromatic rings. The Labute approximate surface area is 133 Å². The third-order valence-electron chi connectivity index (χ3n) is 4.24. The molecule has 1 N–H and O–H groups in total. The van der Waals surface area contributed by atoms with Crippen LogP contribution in [0.3, 0.4) is 0 Å². The molecule has 4 heteroatoms. The second kappa shape index (κ2) is 8.59. The predicted molar refractivity (Wildman–Crippen MR) is 89.9 cm³/mol. The van der Waals surface area contributed by atoms with Crippen LogP contribution in [0.1, 0.15) is 24.8 Å². The van der Waals surface area contributed by atoms with Crippen LogP contribution in [0.25, 0.3) is 6.08 Å². The van der Waals surface area contributed by atoms with Crippen molar-refractivity contribution in [2.45, 2.75) is 19.3 Å². The lowest BCUT2D eigenvalue weighted by atomic mass is 9.94. The van der Waals surface area contributed by atoms with Crippen LogP contribution in [-0.2, 0) is 4.79 Å². The van der Waals surface area contributed by atoms with Crippen LogP contribution in [0.15, 0.2) is 30.3 Å². The number of carbonyl (C=O) groups excluding carboxylic acids is 1. The number of carbonyl (C=O) groups is 1. The van der Waals surface area contributed by atoms with Crippen molar-refractivity contribution in [3.63, 3.8) is 0 Å². The van der Waals surface area contributed by atoms with E-state index in [1.807, 2.05) is 24.3 Å². The maximum atomic E-state index is 11.9. The molecule has 1 amide bonds. The van der Waals surface area contributed by atoms with Crippen molar-refractivity contribution in [1.82, 2.24) is 10.2 Å². The highest BCUT2D eigenvalue weighted by Gasteiger charge is 2.16. The molecule has 0 bridgehead atoms. The topological polar surface area (TPSA) is 41.6 Å². The number of methoxy groups -OCH3 is 1. The molecule has 0 unspecified atom stereocenters. The summed E-state index contributed by atoms with van der Waals surface area (Å²) < 4.78 is 5.26. The number of nitrogens with one attached hydrogen (secondary N) is 1. The number of hydrogen-bond donors (Lipinski definition) is 1. The van der Waals surface area contributed by atoms with E-state index >= 15 is 0 Å². The van der Waals surface area contributed by atoms with E-state index in [-0.39, 0.29) is 5.91 Å². The van der Waals surface area contributed by atoms with Crippen molar-refractivity contribution in [2.24, 2.45) is 5.92 Å². The first kappa shape index (κ1) is 16.6. The van der Waals surface area contributed by atoms with Gasteiger partial charge in [0.25, 0.3) is 0 Å². The Hall–Kier alpha value is -1.81. The number of hydrogen-bond acceptors (Lipinski definition) is 3. The number of rotatable bonds is 6. The van der Waals surface area contributed by atoms with Crippen molar-refractivity contribution < 1.29 is 9.53 Å². The molecule has 4 nitrogen and oxygen atoms in total. The number of nitrogens with zero attached hydrogens (tertiary/aromatic N) is 1. The average molecular weight is 302 g/mol. The fraction of sp³-hybridized carbons (Fsp3) is 0.500. The lowest BCUT2D eigenvalue weighted by Gasteiger charge is -2.28. The van der Waals surface area contributed by atoms with Gasteiger partial charge in [0.15, 0.2) is 0 Å². The molecular weight excluding hydrogens is 276 g/mol. The fourth-order valence-corrected chi connectivity index (χ4v) is 2.78. The third kappa shape index (κ3) is 5.19. The summed E-state index contributed by atoms with van der Waals surface area (Å²) in [4.78, 5) is 14.2. The molecule has 0 atom stereocenters. The molecule has 0 aromatic heterocycles. The minimum atomic E-state index is -0.0427. The zero-order valence-corrected chi connectivity index (χ0v) is 13.5. The van der Waals surface area contributed by atoms with Crippen LogP contribution in [0, 0.1) is 5.92 Å². The molecule has 1 heterocycles. The van der Waals surface area contributed by atoms with E-state index in [9.17, 15) is 4.79 Å². The lowest BCUT2D eigenvalue weighted by Crippen LogP contribution is -2.32. The van der Waals surface area contributed by atoms with Gasteiger partial charge in [-0.25, -0.2) is 0 Å². The molecule has 1 aromatic carbocycles. The lowest BCUT2D eigenvalue weighted by molar-refractivity contribution is -0.116. The Morgan fingerprint density at radius 2 is 2.09 bits per heavy atom. The second-order valence-corrected chi connectivity index (χ2v) is 5.90. The first-order chi connectivity index (χ1) is 10.7. The molecule has 1 aliphatic rings. The molecule has 0 radical (unpaired) electrons. The summed E-state index contributed by atoms with van der Waals surface area (Å²) in [6.07, 6.45) is 6.92. The van der Waals surface area contributed by atoms with Crippen molar-refractivity contribution in [1.29, 1.82) is 0 Å². The Morgan fingerprint density at radius 3 is 2.82 bits per heavy atom. The minimum absolute atomic E-state index is 0.0427.